The van der Waals surface area contributed by atoms with E-state index in [0.29, 0.717) is 23.0 Å². The Balaban J connectivity index is 2.17. The lowest BCUT2D eigenvalue weighted by Crippen LogP contribution is -2.05. The normalized spacial score (nSPS) is 12.4. The van der Waals surface area contributed by atoms with Gasteiger partial charge >= 0.3 is 0 Å². The number of hydrogen-bond acceptors (Lipinski definition) is 4. The molecule has 0 aliphatic carbocycles. The van der Waals surface area contributed by atoms with Gasteiger partial charge in [0.1, 0.15) is 11.9 Å². The van der Waals surface area contributed by atoms with Crippen LogP contribution in [0.1, 0.15) is 17.4 Å². The summed E-state index contributed by atoms with van der Waals surface area (Å²) in [5.74, 6) is 0.432. The van der Waals surface area contributed by atoms with Gasteiger partial charge in [0.2, 0.25) is 0 Å². The van der Waals surface area contributed by atoms with Crippen LogP contribution in [0.3, 0.4) is 0 Å². The Labute approximate surface area is 104 Å². The fraction of sp³-hybridized carbons (Fsp3) is 0.167. The standard InChI is InChI=1S/C12H12ClN3O/c13-9-2-1-4-16-12(9)10(17)6-8-3-5-15-11(14)7-8/h1-5,7,10,17H,6H2,(H2,14,15). The predicted molar refractivity (Wildman–Crippen MR) is 66.6 cm³/mol. The molecule has 0 aromatic carbocycles. The van der Waals surface area contributed by atoms with Gasteiger partial charge in [-0.1, -0.05) is 11.6 Å². The van der Waals surface area contributed by atoms with Crippen LogP contribution in [0.5, 0.6) is 0 Å². The number of aromatic nitrogens is 2. The summed E-state index contributed by atoms with van der Waals surface area (Å²) in [6, 6.07) is 6.95. The Morgan fingerprint density at radius 3 is 2.82 bits per heavy atom. The van der Waals surface area contributed by atoms with Crippen LogP contribution in [0.4, 0.5) is 5.82 Å². The fourth-order valence-corrected chi connectivity index (χ4v) is 1.83. The van der Waals surface area contributed by atoms with Crippen molar-refractivity contribution in [2.75, 3.05) is 5.73 Å². The number of halogens is 1. The molecule has 1 unspecified atom stereocenters. The lowest BCUT2D eigenvalue weighted by molar-refractivity contribution is 0.173. The summed E-state index contributed by atoms with van der Waals surface area (Å²) >= 11 is 5.96. The van der Waals surface area contributed by atoms with Crippen LogP contribution in [-0.2, 0) is 6.42 Å². The highest BCUT2D eigenvalue weighted by molar-refractivity contribution is 6.31. The van der Waals surface area contributed by atoms with E-state index < -0.39 is 6.10 Å². The van der Waals surface area contributed by atoms with Crippen LogP contribution in [-0.4, -0.2) is 15.1 Å². The van der Waals surface area contributed by atoms with Crippen molar-refractivity contribution in [3.8, 4) is 0 Å². The molecule has 0 bridgehead atoms. The summed E-state index contributed by atoms with van der Waals surface area (Å²) in [6.07, 6.45) is 2.87. The summed E-state index contributed by atoms with van der Waals surface area (Å²) in [5.41, 5.74) is 6.94. The molecule has 0 amide bonds. The van der Waals surface area contributed by atoms with Gasteiger partial charge in [-0.25, -0.2) is 4.98 Å². The molecule has 5 heteroatoms. The average Bonchev–Trinajstić information content (AvgIpc) is 2.29. The molecule has 3 N–H and O–H groups in total. The fourth-order valence-electron chi connectivity index (χ4n) is 1.58. The predicted octanol–water partition coefficient (Wildman–Crippen LogP) is 1.99. The number of nitrogens with two attached hydrogens (primary N) is 1. The lowest BCUT2D eigenvalue weighted by Gasteiger charge is -2.11. The highest BCUT2D eigenvalue weighted by Crippen LogP contribution is 2.23. The van der Waals surface area contributed by atoms with Crippen molar-refractivity contribution in [3.05, 3.63) is 52.9 Å². The molecule has 0 saturated heterocycles. The van der Waals surface area contributed by atoms with Crippen LogP contribution >= 0.6 is 11.6 Å². The van der Waals surface area contributed by atoms with Crippen molar-refractivity contribution in [1.29, 1.82) is 0 Å². The Morgan fingerprint density at radius 2 is 2.12 bits per heavy atom. The van der Waals surface area contributed by atoms with Gasteiger partial charge in [0.25, 0.3) is 0 Å². The molecule has 0 spiro atoms. The zero-order chi connectivity index (χ0) is 12.3. The van der Waals surface area contributed by atoms with Crippen LogP contribution in [0.2, 0.25) is 5.02 Å². The lowest BCUT2D eigenvalue weighted by atomic mass is 10.1. The molecule has 0 aliphatic heterocycles. The van der Waals surface area contributed by atoms with Gasteiger partial charge < -0.3 is 10.8 Å². The van der Waals surface area contributed by atoms with Crippen LogP contribution in [0.15, 0.2) is 36.7 Å². The number of hydrogen-bond donors (Lipinski definition) is 2. The highest BCUT2D eigenvalue weighted by Gasteiger charge is 2.13. The van der Waals surface area contributed by atoms with E-state index in [-0.39, 0.29) is 0 Å². The van der Waals surface area contributed by atoms with Gasteiger partial charge in [-0.05, 0) is 29.8 Å². The third kappa shape index (κ3) is 2.93. The zero-order valence-electron chi connectivity index (χ0n) is 9.05. The van der Waals surface area contributed by atoms with E-state index in [0.717, 1.165) is 5.56 Å². The first-order valence-corrected chi connectivity index (χ1v) is 5.53. The number of nitrogens with zero attached hydrogens (tertiary/aromatic N) is 2. The van der Waals surface area contributed by atoms with Crippen LogP contribution < -0.4 is 5.73 Å². The zero-order valence-corrected chi connectivity index (χ0v) is 9.80. The Morgan fingerprint density at radius 1 is 1.29 bits per heavy atom. The maximum atomic E-state index is 10.0. The van der Waals surface area contributed by atoms with Gasteiger partial charge in [0.05, 0.1) is 10.7 Å². The van der Waals surface area contributed by atoms with Crippen molar-refractivity contribution in [3.63, 3.8) is 0 Å². The molecular weight excluding hydrogens is 238 g/mol. The van der Waals surface area contributed by atoms with Crippen molar-refractivity contribution in [2.24, 2.45) is 0 Å². The Bertz CT molecular complexity index is 519. The number of pyridine rings is 2. The number of aliphatic hydroxyl groups excluding tert-OH is 1. The van der Waals surface area contributed by atoms with Crippen molar-refractivity contribution in [1.82, 2.24) is 9.97 Å². The van der Waals surface area contributed by atoms with Gasteiger partial charge in [-0.2, -0.15) is 0 Å². The van der Waals surface area contributed by atoms with E-state index in [9.17, 15) is 5.11 Å². The Hall–Kier alpha value is -1.65. The molecule has 88 valence electrons. The minimum absolute atomic E-state index is 0.406. The highest BCUT2D eigenvalue weighted by atomic mass is 35.5. The summed E-state index contributed by atoms with van der Waals surface area (Å²) in [4.78, 5) is 7.96. The van der Waals surface area contributed by atoms with Crippen molar-refractivity contribution < 1.29 is 5.11 Å². The summed E-state index contributed by atoms with van der Waals surface area (Å²) in [5, 5.41) is 10.5. The van der Waals surface area contributed by atoms with E-state index in [1.807, 2.05) is 0 Å². The molecule has 2 rings (SSSR count). The SMILES string of the molecule is Nc1cc(CC(O)c2ncccc2Cl)ccn1. The molecule has 2 aromatic heterocycles. The average molecular weight is 250 g/mol. The van der Waals surface area contributed by atoms with E-state index >= 15 is 0 Å². The summed E-state index contributed by atoms with van der Waals surface area (Å²) in [7, 11) is 0. The van der Waals surface area contributed by atoms with E-state index in [2.05, 4.69) is 9.97 Å². The maximum Gasteiger partial charge on any atom is 0.123 e. The Kier molecular flexibility index (Phi) is 3.56. The first-order valence-electron chi connectivity index (χ1n) is 5.15. The van der Waals surface area contributed by atoms with Gasteiger partial charge in [0, 0.05) is 18.8 Å². The second kappa shape index (κ2) is 5.12. The molecule has 1 atom stereocenters. The van der Waals surface area contributed by atoms with E-state index in [4.69, 9.17) is 17.3 Å². The molecule has 2 aromatic rings. The molecule has 0 aliphatic rings. The molecule has 0 radical (unpaired) electrons. The largest absolute Gasteiger partial charge is 0.386 e. The van der Waals surface area contributed by atoms with Gasteiger partial charge in [-0.15, -0.1) is 0 Å². The van der Waals surface area contributed by atoms with Crippen LogP contribution in [0, 0.1) is 0 Å². The first kappa shape index (κ1) is 11.8. The van der Waals surface area contributed by atoms with E-state index in [1.165, 1.54) is 0 Å². The molecule has 4 nitrogen and oxygen atoms in total. The van der Waals surface area contributed by atoms with Crippen molar-refractivity contribution >= 4 is 17.4 Å². The second-order valence-electron chi connectivity index (χ2n) is 3.68. The molecular formula is C12H12ClN3O. The number of anilines is 1. The van der Waals surface area contributed by atoms with Gasteiger partial charge in [0.15, 0.2) is 0 Å². The monoisotopic (exact) mass is 249 g/mol. The molecule has 0 saturated carbocycles. The second-order valence-corrected chi connectivity index (χ2v) is 4.09. The van der Waals surface area contributed by atoms with Gasteiger partial charge in [-0.3, -0.25) is 4.98 Å². The third-order valence-corrected chi connectivity index (χ3v) is 2.70. The number of aliphatic hydroxyl groups is 1. The molecule has 17 heavy (non-hydrogen) atoms. The molecule has 2 heterocycles. The van der Waals surface area contributed by atoms with E-state index in [1.54, 1.807) is 36.7 Å². The van der Waals surface area contributed by atoms with Crippen molar-refractivity contribution in [2.45, 2.75) is 12.5 Å². The smallest absolute Gasteiger partial charge is 0.123 e. The quantitative estimate of drug-likeness (QED) is 0.873. The number of rotatable bonds is 3. The first-order chi connectivity index (χ1) is 8.16. The minimum Gasteiger partial charge on any atom is -0.386 e. The third-order valence-electron chi connectivity index (χ3n) is 2.38. The summed E-state index contributed by atoms with van der Waals surface area (Å²) < 4.78 is 0. The topological polar surface area (TPSA) is 72.0 Å². The summed E-state index contributed by atoms with van der Waals surface area (Å²) in [6.45, 7) is 0. The number of nitrogen functional groups attached to an aromatic ring is 1. The minimum atomic E-state index is -0.745. The maximum absolute atomic E-state index is 10.0. The van der Waals surface area contributed by atoms with Crippen LogP contribution in [0.25, 0.3) is 0 Å². The molecule has 0 fully saturated rings.